The van der Waals surface area contributed by atoms with Crippen molar-refractivity contribution in [1.29, 1.82) is 10.8 Å². The fourth-order valence-corrected chi connectivity index (χ4v) is 4.30. The van der Waals surface area contributed by atoms with Gasteiger partial charge in [-0.1, -0.05) is 24.3 Å². The first-order valence-corrected chi connectivity index (χ1v) is 12.7. The average Bonchev–Trinajstić information content (AvgIpc) is 2.95. The maximum absolute atomic E-state index is 13.1. The Balaban J connectivity index is 1.59. The van der Waals surface area contributed by atoms with Crippen molar-refractivity contribution in [2.75, 3.05) is 32.7 Å². The van der Waals surface area contributed by atoms with E-state index in [2.05, 4.69) is 10.6 Å². The van der Waals surface area contributed by atoms with E-state index in [-0.39, 0.29) is 55.7 Å². The summed E-state index contributed by atoms with van der Waals surface area (Å²) < 4.78 is 0. The fraction of sp³-hybridized carbons (Fsp3) is 0.296. The first kappa shape index (κ1) is 30.3. The molecule has 0 aliphatic carbocycles. The van der Waals surface area contributed by atoms with Gasteiger partial charge in [-0.3, -0.25) is 34.8 Å². The van der Waals surface area contributed by atoms with Crippen molar-refractivity contribution >= 4 is 41.3 Å². The molecule has 0 bridgehead atoms. The van der Waals surface area contributed by atoms with E-state index in [1.54, 1.807) is 12.1 Å². The Kier molecular flexibility index (Phi) is 10.1. The first-order chi connectivity index (χ1) is 19.5. The summed E-state index contributed by atoms with van der Waals surface area (Å²) in [5, 5.41) is 29.3. The number of aliphatic carboxylic acids is 1. The standard InChI is InChI=1S/C27H32N8O6/c28-23(29)16-3-7-18(8-4-16)25(39)32-11-1-2-20-27(41)34(15-22(37)38)12-13-35(20)21(36)14-33-26(40)19-9-5-17(6-10-19)24(30)31/h3-10,20H,1-2,11-15H2,(H3,28,29)(H3,30,31)(H,32,39)(H,33,40)(H,37,38)/t20-/m0/s1. The highest BCUT2D eigenvalue weighted by Gasteiger charge is 2.37. The number of carbonyl (C=O) groups excluding carboxylic acids is 4. The predicted molar refractivity (Wildman–Crippen MR) is 149 cm³/mol. The van der Waals surface area contributed by atoms with Crippen LogP contribution in [0.4, 0.5) is 0 Å². The van der Waals surface area contributed by atoms with Crippen molar-refractivity contribution in [3.05, 3.63) is 70.8 Å². The molecule has 41 heavy (non-hydrogen) atoms. The molecule has 0 unspecified atom stereocenters. The largest absolute Gasteiger partial charge is 0.480 e. The molecule has 1 saturated heterocycles. The molecular formula is C27H32N8O6. The molecule has 2 aromatic carbocycles. The molecule has 3 rings (SSSR count). The minimum atomic E-state index is -1.18. The van der Waals surface area contributed by atoms with Gasteiger partial charge in [0.1, 0.15) is 24.3 Å². The number of nitrogens with one attached hydrogen (secondary N) is 4. The molecule has 1 aliphatic heterocycles. The van der Waals surface area contributed by atoms with Crippen LogP contribution in [-0.2, 0) is 14.4 Å². The Labute approximate surface area is 235 Å². The van der Waals surface area contributed by atoms with Crippen molar-refractivity contribution in [2.24, 2.45) is 11.5 Å². The molecule has 1 fully saturated rings. The third kappa shape index (κ3) is 8.11. The minimum Gasteiger partial charge on any atom is -0.480 e. The maximum Gasteiger partial charge on any atom is 0.323 e. The Morgan fingerprint density at radius 2 is 1.32 bits per heavy atom. The Hall–Kier alpha value is -5.27. The van der Waals surface area contributed by atoms with Gasteiger partial charge in [0.05, 0.1) is 6.54 Å². The molecule has 0 aromatic heterocycles. The summed E-state index contributed by atoms with van der Waals surface area (Å²) in [5.74, 6) is -3.37. The van der Waals surface area contributed by atoms with Gasteiger partial charge in [0.25, 0.3) is 11.8 Å². The van der Waals surface area contributed by atoms with E-state index in [0.29, 0.717) is 23.1 Å². The summed E-state index contributed by atoms with van der Waals surface area (Å²) in [6.07, 6.45) is 0.470. The number of rotatable bonds is 12. The van der Waals surface area contributed by atoms with Gasteiger partial charge in [-0.15, -0.1) is 0 Å². The van der Waals surface area contributed by atoms with E-state index in [4.69, 9.17) is 22.3 Å². The Morgan fingerprint density at radius 1 is 0.829 bits per heavy atom. The Morgan fingerprint density at radius 3 is 1.80 bits per heavy atom. The predicted octanol–water partition coefficient (Wildman–Crippen LogP) is -0.681. The van der Waals surface area contributed by atoms with Crippen molar-refractivity contribution in [2.45, 2.75) is 18.9 Å². The summed E-state index contributed by atoms with van der Waals surface area (Å²) in [6, 6.07) is 11.2. The zero-order valence-electron chi connectivity index (χ0n) is 22.2. The number of hydrogen-bond donors (Lipinski definition) is 7. The summed E-state index contributed by atoms with van der Waals surface area (Å²) in [7, 11) is 0. The van der Waals surface area contributed by atoms with Gasteiger partial charge in [-0.25, -0.2) is 0 Å². The van der Waals surface area contributed by atoms with Gasteiger partial charge in [-0.05, 0) is 37.1 Å². The number of carboxylic acids is 1. The van der Waals surface area contributed by atoms with Gasteiger partial charge < -0.3 is 37.0 Å². The smallest absolute Gasteiger partial charge is 0.323 e. The van der Waals surface area contributed by atoms with Crippen molar-refractivity contribution in [1.82, 2.24) is 20.4 Å². The second kappa shape index (κ2) is 13.7. The molecule has 9 N–H and O–H groups in total. The van der Waals surface area contributed by atoms with Crippen LogP contribution in [0.5, 0.6) is 0 Å². The summed E-state index contributed by atoms with van der Waals surface area (Å²) in [6.45, 7) is -0.591. The highest BCUT2D eigenvalue weighted by molar-refractivity contribution is 6.00. The van der Waals surface area contributed by atoms with Crippen LogP contribution in [-0.4, -0.2) is 94.9 Å². The van der Waals surface area contributed by atoms with Crippen molar-refractivity contribution < 1.29 is 29.1 Å². The van der Waals surface area contributed by atoms with Crippen LogP contribution in [0, 0.1) is 10.8 Å². The van der Waals surface area contributed by atoms with Crippen molar-refractivity contribution in [3.8, 4) is 0 Å². The lowest BCUT2D eigenvalue weighted by atomic mass is 10.0. The van der Waals surface area contributed by atoms with Gasteiger partial charge in [0, 0.05) is 41.9 Å². The molecule has 1 heterocycles. The van der Waals surface area contributed by atoms with Gasteiger partial charge in [0.2, 0.25) is 11.8 Å². The number of amidine groups is 2. The van der Waals surface area contributed by atoms with E-state index in [9.17, 15) is 29.1 Å². The highest BCUT2D eigenvalue weighted by Crippen LogP contribution is 2.17. The van der Waals surface area contributed by atoms with E-state index in [1.165, 1.54) is 46.2 Å². The topological polar surface area (TPSA) is 236 Å². The van der Waals surface area contributed by atoms with Crippen LogP contribution in [0.2, 0.25) is 0 Å². The number of nitrogen functional groups attached to an aromatic ring is 2. The zero-order chi connectivity index (χ0) is 30.1. The molecule has 14 nitrogen and oxygen atoms in total. The lowest BCUT2D eigenvalue weighted by Gasteiger charge is -2.40. The van der Waals surface area contributed by atoms with Gasteiger partial charge >= 0.3 is 5.97 Å². The van der Waals surface area contributed by atoms with Crippen LogP contribution in [0.15, 0.2) is 48.5 Å². The van der Waals surface area contributed by atoms with Crippen LogP contribution in [0.25, 0.3) is 0 Å². The van der Waals surface area contributed by atoms with Crippen LogP contribution >= 0.6 is 0 Å². The third-order valence-electron chi connectivity index (χ3n) is 6.49. The second-order valence-electron chi connectivity index (χ2n) is 9.32. The average molecular weight is 565 g/mol. The second-order valence-corrected chi connectivity index (χ2v) is 9.32. The molecule has 1 aliphatic rings. The molecule has 4 amide bonds. The SMILES string of the molecule is N=C(N)c1ccc(C(=O)NCCC[C@H]2C(=O)N(CC(=O)O)CCN2C(=O)CNC(=O)c2ccc(C(=N)N)cc2)cc1. The summed E-state index contributed by atoms with van der Waals surface area (Å²) in [5.41, 5.74) is 12.4. The highest BCUT2D eigenvalue weighted by atomic mass is 16.4. The molecule has 0 saturated carbocycles. The number of hydrogen-bond acceptors (Lipinski definition) is 7. The number of benzene rings is 2. The van der Waals surface area contributed by atoms with Crippen molar-refractivity contribution in [3.63, 3.8) is 0 Å². The van der Waals surface area contributed by atoms with E-state index in [0.717, 1.165) is 0 Å². The number of nitrogens with zero attached hydrogens (tertiary/aromatic N) is 2. The van der Waals surface area contributed by atoms with E-state index >= 15 is 0 Å². The minimum absolute atomic E-state index is 0.0286. The third-order valence-corrected chi connectivity index (χ3v) is 6.49. The van der Waals surface area contributed by atoms with Gasteiger partial charge in [-0.2, -0.15) is 0 Å². The fourth-order valence-electron chi connectivity index (χ4n) is 4.30. The molecule has 14 heteroatoms. The normalized spacial score (nSPS) is 14.7. The number of piperazine rings is 1. The molecule has 216 valence electrons. The first-order valence-electron chi connectivity index (χ1n) is 12.7. The molecule has 0 spiro atoms. The Bertz CT molecular complexity index is 1340. The van der Waals surface area contributed by atoms with Crippen LogP contribution < -0.4 is 22.1 Å². The van der Waals surface area contributed by atoms with E-state index < -0.39 is 36.3 Å². The zero-order valence-corrected chi connectivity index (χ0v) is 22.2. The van der Waals surface area contributed by atoms with E-state index in [1.807, 2.05) is 0 Å². The molecule has 1 atom stereocenters. The number of carboxylic acid groups (broad SMARTS) is 1. The van der Waals surface area contributed by atoms with Crippen LogP contribution in [0.3, 0.4) is 0 Å². The molecular weight excluding hydrogens is 532 g/mol. The summed E-state index contributed by atoms with van der Waals surface area (Å²) >= 11 is 0. The monoisotopic (exact) mass is 564 g/mol. The molecule has 0 radical (unpaired) electrons. The number of amides is 4. The lowest BCUT2D eigenvalue weighted by molar-refractivity contribution is -0.155. The lowest BCUT2D eigenvalue weighted by Crippen LogP contribution is -2.60. The van der Waals surface area contributed by atoms with Crippen LogP contribution in [0.1, 0.15) is 44.7 Å². The summed E-state index contributed by atoms with van der Waals surface area (Å²) in [4.78, 5) is 64.8. The molecule has 2 aromatic rings. The maximum atomic E-state index is 13.1. The number of nitrogens with two attached hydrogens (primary N) is 2. The number of carbonyl (C=O) groups is 5. The van der Waals surface area contributed by atoms with Gasteiger partial charge in [0.15, 0.2) is 0 Å². The quantitative estimate of drug-likeness (QED) is 0.0988.